The Bertz CT molecular complexity index is 347. The second-order valence-electron chi connectivity index (χ2n) is 5.36. The predicted molar refractivity (Wildman–Crippen MR) is 66.0 cm³/mol. The summed E-state index contributed by atoms with van der Waals surface area (Å²) in [6, 6.07) is -0.328. The SMILES string of the molecule is CC(C)(C)OC(=O)N1CCC[C@H]1[C@H](O)CN=[N+]=[N-]. The van der Waals surface area contributed by atoms with Crippen LogP contribution in [-0.4, -0.2) is 46.9 Å². The Kier molecular flexibility index (Phi) is 4.81. The smallest absolute Gasteiger partial charge is 0.410 e. The summed E-state index contributed by atoms with van der Waals surface area (Å²) in [4.78, 5) is 16.1. The molecule has 1 amide bonds. The van der Waals surface area contributed by atoms with Crippen LogP contribution >= 0.6 is 0 Å². The van der Waals surface area contributed by atoms with Crippen LogP contribution in [0.5, 0.6) is 0 Å². The van der Waals surface area contributed by atoms with Gasteiger partial charge in [-0.2, -0.15) is 0 Å². The topological polar surface area (TPSA) is 98.5 Å². The molecule has 0 aromatic rings. The molecule has 18 heavy (non-hydrogen) atoms. The number of aliphatic hydroxyl groups excluding tert-OH is 1. The van der Waals surface area contributed by atoms with Gasteiger partial charge in [0.15, 0.2) is 0 Å². The van der Waals surface area contributed by atoms with E-state index < -0.39 is 17.8 Å². The van der Waals surface area contributed by atoms with Crippen molar-refractivity contribution in [3.05, 3.63) is 10.4 Å². The van der Waals surface area contributed by atoms with E-state index in [-0.39, 0.29) is 12.6 Å². The Balaban J connectivity index is 2.64. The van der Waals surface area contributed by atoms with Crippen molar-refractivity contribution in [2.45, 2.75) is 51.4 Å². The zero-order chi connectivity index (χ0) is 13.8. The zero-order valence-electron chi connectivity index (χ0n) is 11.0. The molecule has 7 heteroatoms. The van der Waals surface area contributed by atoms with Gasteiger partial charge < -0.3 is 14.7 Å². The van der Waals surface area contributed by atoms with E-state index in [1.807, 2.05) is 0 Å². The Morgan fingerprint density at radius 3 is 2.89 bits per heavy atom. The third kappa shape index (κ3) is 4.09. The van der Waals surface area contributed by atoms with Crippen LogP contribution in [0.1, 0.15) is 33.6 Å². The number of aliphatic hydroxyl groups is 1. The summed E-state index contributed by atoms with van der Waals surface area (Å²) in [5, 5.41) is 13.2. The molecule has 0 aliphatic carbocycles. The lowest BCUT2D eigenvalue weighted by Crippen LogP contribution is -2.46. The second-order valence-corrected chi connectivity index (χ2v) is 5.36. The number of hydrogen-bond acceptors (Lipinski definition) is 4. The molecule has 1 fully saturated rings. The highest BCUT2D eigenvalue weighted by atomic mass is 16.6. The zero-order valence-corrected chi connectivity index (χ0v) is 11.0. The van der Waals surface area contributed by atoms with Crippen molar-refractivity contribution in [2.24, 2.45) is 5.11 Å². The number of carbonyl (C=O) groups is 1. The van der Waals surface area contributed by atoms with Crippen molar-refractivity contribution in [1.29, 1.82) is 0 Å². The minimum atomic E-state index is -0.837. The summed E-state index contributed by atoms with van der Waals surface area (Å²) >= 11 is 0. The van der Waals surface area contributed by atoms with Gasteiger partial charge in [0, 0.05) is 11.5 Å². The molecule has 2 atom stereocenters. The van der Waals surface area contributed by atoms with E-state index in [0.29, 0.717) is 13.0 Å². The maximum atomic E-state index is 11.9. The molecule has 1 rings (SSSR count). The first-order valence-corrected chi connectivity index (χ1v) is 6.03. The fourth-order valence-electron chi connectivity index (χ4n) is 1.98. The van der Waals surface area contributed by atoms with E-state index in [1.54, 1.807) is 20.8 Å². The first-order valence-electron chi connectivity index (χ1n) is 6.03. The number of amides is 1. The molecule has 0 aromatic carbocycles. The summed E-state index contributed by atoms with van der Waals surface area (Å²) in [6.45, 7) is 5.93. The molecule has 7 nitrogen and oxygen atoms in total. The van der Waals surface area contributed by atoms with E-state index in [2.05, 4.69) is 10.0 Å². The monoisotopic (exact) mass is 256 g/mol. The molecule has 0 spiro atoms. The Labute approximate surface area is 106 Å². The molecule has 1 heterocycles. The Morgan fingerprint density at radius 1 is 1.67 bits per heavy atom. The van der Waals surface area contributed by atoms with Gasteiger partial charge in [0.1, 0.15) is 5.60 Å². The molecular formula is C11H20N4O3. The van der Waals surface area contributed by atoms with Crippen molar-refractivity contribution in [3.8, 4) is 0 Å². The van der Waals surface area contributed by atoms with Crippen molar-refractivity contribution >= 4 is 6.09 Å². The lowest BCUT2D eigenvalue weighted by atomic mass is 10.1. The van der Waals surface area contributed by atoms with Crippen LogP contribution in [0.3, 0.4) is 0 Å². The number of hydrogen-bond donors (Lipinski definition) is 1. The molecule has 0 bridgehead atoms. The number of azide groups is 1. The van der Waals surface area contributed by atoms with Crippen LogP contribution in [0.15, 0.2) is 5.11 Å². The molecule has 0 saturated carbocycles. The minimum absolute atomic E-state index is 0.0273. The second kappa shape index (κ2) is 5.93. The fourth-order valence-corrected chi connectivity index (χ4v) is 1.98. The number of ether oxygens (including phenoxy) is 1. The average molecular weight is 256 g/mol. The maximum Gasteiger partial charge on any atom is 0.410 e. The molecule has 0 unspecified atom stereocenters. The summed E-state index contributed by atoms with van der Waals surface area (Å²) in [7, 11) is 0. The van der Waals surface area contributed by atoms with Gasteiger partial charge in [0.05, 0.1) is 18.7 Å². The highest BCUT2D eigenvalue weighted by Gasteiger charge is 2.35. The maximum absolute atomic E-state index is 11.9. The third-order valence-corrected chi connectivity index (χ3v) is 2.70. The molecule has 1 aliphatic rings. The molecule has 1 N–H and O–H groups in total. The molecular weight excluding hydrogens is 236 g/mol. The number of likely N-dealkylation sites (tertiary alicyclic amines) is 1. The van der Waals surface area contributed by atoms with E-state index in [1.165, 1.54) is 4.90 Å². The van der Waals surface area contributed by atoms with Crippen LogP contribution in [0, 0.1) is 0 Å². The Morgan fingerprint density at radius 2 is 2.33 bits per heavy atom. The van der Waals surface area contributed by atoms with Gasteiger partial charge in [-0.25, -0.2) is 4.79 Å². The van der Waals surface area contributed by atoms with Crippen LogP contribution in [0.4, 0.5) is 4.79 Å². The van der Waals surface area contributed by atoms with Crippen LogP contribution in [0.25, 0.3) is 10.4 Å². The summed E-state index contributed by atoms with van der Waals surface area (Å²) < 4.78 is 5.28. The quantitative estimate of drug-likeness (QED) is 0.475. The van der Waals surface area contributed by atoms with E-state index in [0.717, 1.165) is 6.42 Å². The van der Waals surface area contributed by atoms with Crippen molar-refractivity contribution < 1.29 is 14.6 Å². The number of nitrogens with zero attached hydrogens (tertiary/aromatic N) is 4. The largest absolute Gasteiger partial charge is 0.444 e. The first-order chi connectivity index (χ1) is 8.35. The summed E-state index contributed by atoms with van der Waals surface area (Å²) in [5.74, 6) is 0. The predicted octanol–water partition coefficient (Wildman–Crippen LogP) is 2.06. The van der Waals surface area contributed by atoms with Gasteiger partial charge in [-0.05, 0) is 39.1 Å². The van der Waals surface area contributed by atoms with Crippen LogP contribution < -0.4 is 0 Å². The highest BCUT2D eigenvalue weighted by Crippen LogP contribution is 2.23. The van der Waals surface area contributed by atoms with E-state index in [9.17, 15) is 9.90 Å². The molecule has 1 aliphatic heterocycles. The minimum Gasteiger partial charge on any atom is -0.444 e. The van der Waals surface area contributed by atoms with Gasteiger partial charge in [0.2, 0.25) is 0 Å². The molecule has 1 saturated heterocycles. The number of carbonyl (C=O) groups excluding carboxylic acids is 1. The molecule has 102 valence electrons. The van der Waals surface area contributed by atoms with E-state index in [4.69, 9.17) is 10.3 Å². The first kappa shape index (κ1) is 14.6. The lowest BCUT2D eigenvalue weighted by molar-refractivity contribution is 0.00672. The van der Waals surface area contributed by atoms with Gasteiger partial charge in [-0.3, -0.25) is 0 Å². The Hall–Kier alpha value is -1.46. The van der Waals surface area contributed by atoms with Gasteiger partial charge in [-0.15, -0.1) is 0 Å². The van der Waals surface area contributed by atoms with Crippen LogP contribution in [-0.2, 0) is 4.74 Å². The normalized spacial score (nSPS) is 21.3. The highest BCUT2D eigenvalue weighted by molar-refractivity contribution is 5.69. The van der Waals surface area contributed by atoms with Crippen molar-refractivity contribution in [3.63, 3.8) is 0 Å². The molecule has 0 radical (unpaired) electrons. The van der Waals surface area contributed by atoms with E-state index >= 15 is 0 Å². The molecule has 0 aromatic heterocycles. The van der Waals surface area contributed by atoms with Crippen LogP contribution in [0.2, 0.25) is 0 Å². The summed E-state index contributed by atoms with van der Waals surface area (Å²) in [6.07, 6.45) is 0.249. The average Bonchev–Trinajstić information content (AvgIpc) is 2.72. The van der Waals surface area contributed by atoms with Crippen molar-refractivity contribution in [1.82, 2.24) is 4.90 Å². The van der Waals surface area contributed by atoms with Crippen molar-refractivity contribution in [2.75, 3.05) is 13.1 Å². The van der Waals surface area contributed by atoms with Gasteiger partial charge in [-0.1, -0.05) is 5.11 Å². The lowest BCUT2D eigenvalue weighted by Gasteiger charge is -2.30. The van der Waals surface area contributed by atoms with Gasteiger partial charge in [0.25, 0.3) is 0 Å². The number of rotatable bonds is 3. The standard InChI is InChI=1S/C11H20N4O3/c1-11(2,3)18-10(17)15-6-4-5-8(15)9(16)7-13-14-12/h8-9,16H,4-7H2,1-3H3/t8-,9+/m0/s1. The van der Waals surface area contributed by atoms with Gasteiger partial charge >= 0.3 is 6.09 Å². The third-order valence-electron chi connectivity index (χ3n) is 2.70. The fraction of sp³-hybridized carbons (Fsp3) is 0.909. The summed E-state index contributed by atoms with van der Waals surface area (Å²) in [5.41, 5.74) is 7.67.